The number of carbonyl (C=O) groups is 1. The lowest BCUT2D eigenvalue weighted by Gasteiger charge is -2.44. The molecule has 0 spiro atoms. The molecule has 2 aliphatic heterocycles. The van der Waals surface area contributed by atoms with Gasteiger partial charge in [0, 0.05) is 37.3 Å². The number of benzene rings is 1. The first-order chi connectivity index (χ1) is 16.2. The minimum atomic E-state index is -0.560. The molecule has 0 aliphatic carbocycles. The van der Waals surface area contributed by atoms with Crippen LogP contribution in [0.15, 0.2) is 24.3 Å². The number of rotatable bonds is 4. The van der Waals surface area contributed by atoms with Gasteiger partial charge in [0.2, 0.25) is 5.95 Å². The number of anilines is 2. The van der Waals surface area contributed by atoms with Crippen LogP contribution in [0.4, 0.5) is 16.4 Å². The molecule has 1 amide bonds. The van der Waals surface area contributed by atoms with Crippen LogP contribution in [0.3, 0.4) is 0 Å². The van der Waals surface area contributed by atoms with Gasteiger partial charge in [-0.25, -0.2) is 14.8 Å². The fraction of sp³-hybridized carbons (Fsp3) is 0.593. The van der Waals surface area contributed by atoms with Crippen molar-refractivity contribution >= 4 is 17.7 Å². The normalized spacial score (nSPS) is 18.0. The number of hydrogen-bond acceptors (Lipinski definition) is 7. The second-order valence-corrected chi connectivity index (χ2v) is 12.2. The van der Waals surface area contributed by atoms with Crippen LogP contribution in [-0.2, 0) is 29.7 Å². The first kappa shape index (κ1) is 25.4. The third kappa shape index (κ3) is 6.30. The summed E-state index contributed by atoms with van der Waals surface area (Å²) in [6.45, 7) is 17.2. The number of carbonyl (C=O) groups excluding carboxylic acids is 1. The number of hydrogen-bond donors (Lipinski definition) is 2. The van der Waals surface area contributed by atoms with Gasteiger partial charge >= 0.3 is 6.09 Å². The van der Waals surface area contributed by atoms with Gasteiger partial charge < -0.3 is 20.1 Å². The van der Waals surface area contributed by atoms with E-state index in [0.29, 0.717) is 38.5 Å². The van der Waals surface area contributed by atoms with Gasteiger partial charge in [-0.1, -0.05) is 32.9 Å². The summed E-state index contributed by atoms with van der Waals surface area (Å²) in [5.74, 6) is 0.534. The Hall–Kier alpha value is -2.71. The third-order valence-electron chi connectivity index (χ3n) is 6.17. The van der Waals surface area contributed by atoms with Crippen LogP contribution < -0.4 is 5.32 Å². The van der Waals surface area contributed by atoms with Gasteiger partial charge in [0.25, 0.3) is 0 Å². The maximum Gasteiger partial charge on any atom is 0.410 e. The molecule has 8 heteroatoms. The van der Waals surface area contributed by atoms with Crippen molar-refractivity contribution < 1.29 is 14.6 Å². The fourth-order valence-corrected chi connectivity index (χ4v) is 4.70. The van der Waals surface area contributed by atoms with Crippen LogP contribution in [-0.4, -0.2) is 61.8 Å². The Morgan fingerprint density at radius 1 is 1.11 bits per heavy atom. The number of nitrogens with one attached hydrogen (secondary N) is 1. The Bertz CT molecular complexity index is 1080. The van der Waals surface area contributed by atoms with Crippen molar-refractivity contribution in [3.05, 3.63) is 46.8 Å². The van der Waals surface area contributed by atoms with Gasteiger partial charge in [0.15, 0.2) is 0 Å². The summed E-state index contributed by atoms with van der Waals surface area (Å²) in [7, 11) is 0. The summed E-state index contributed by atoms with van der Waals surface area (Å²) in [6.07, 6.45) is 0.396. The number of nitrogens with zero attached hydrogens (tertiary/aromatic N) is 4. The summed E-state index contributed by atoms with van der Waals surface area (Å²) in [6, 6.07) is 8.23. The zero-order valence-electron chi connectivity index (χ0n) is 22.1. The third-order valence-corrected chi connectivity index (χ3v) is 6.17. The predicted octanol–water partition coefficient (Wildman–Crippen LogP) is 4.38. The van der Waals surface area contributed by atoms with E-state index in [2.05, 4.69) is 43.1 Å². The molecule has 2 N–H and O–H groups in total. The SMILES string of the molecule is CC1(O)CN(Cc2ccc(Nc3nc4c(c(C(C)(C)C)n3)CCN(C(=O)OC(C)(C)C)C4)cc2)C1. The van der Waals surface area contributed by atoms with Crippen molar-refractivity contribution in [3.8, 4) is 0 Å². The lowest BCUT2D eigenvalue weighted by molar-refractivity contribution is -0.0871. The van der Waals surface area contributed by atoms with Crippen molar-refractivity contribution in [1.29, 1.82) is 0 Å². The summed E-state index contributed by atoms with van der Waals surface area (Å²) in [4.78, 5) is 26.3. The Kier molecular flexibility index (Phi) is 6.57. The molecule has 190 valence electrons. The molecular weight excluding hydrogens is 442 g/mol. The first-order valence-corrected chi connectivity index (χ1v) is 12.4. The topological polar surface area (TPSA) is 90.8 Å². The molecule has 3 heterocycles. The highest BCUT2D eigenvalue weighted by Crippen LogP contribution is 2.31. The number of β-amino-alcohol motifs (C(OH)–C–C–N with tert-alkyl or cyclic N) is 1. The summed E-state index contributed by atoms with van der Waals surface area (Å²) in [5.41, 5.74) is 3.86. The summed E-state index contributed by atoms with van der Waals surface area (Å²) < 4.78 is 5.59. The maximum atomic E-state index is 12.7. The van der Waals surface area contributed by atoms with E-state index in [1.807, 2.05) is 39.8 Å². The molecule has 4 rings (SSSR count). The Morgan fingerprint density at radius 2 is 1.77 bits per heavy atom. The highest BCUT2D eigenvalue weighted by molar-refractivity contribution is 5.68. The number of amides is 1. The molecule has 2 aliphatic rings. The number of ether oxygens (including phenoxy) is 1. The van der Waals surface area contributed by atoms with Crippen LogP contribution in [0.1, 0.15) is 71.0 Å². The predicted molar refractivity (Wildman–Crippen MR) is 137 cm³/mol. The standard InChI is InChI=1S/C27H39N5O3/c1-25(2,3)22-20-12-13-32(24(33)35-26(4,5)6)15-21(20)29-23(30-22)28-19-10-8-18(9-11-19)14-31-16-27(7,34)17-31/h8-11,34H,12-17H2,1-7H3,(H,28,29,30). The fourth-order valence-electron chi connectivity index (χ4n) is 4.70. The Balaban J connectivity index is 1.51. The minimum absolute atomic E-state index is 0.153. The summed E-state index contributed by atoms with van der Waals surface area (Å²) in [5, 5.41) is 13.3. The lowest BCUT2D eigenvalue weighted by atomic mass is 9.86. The highest BCUT2D eigenvalue weighted by Gasteiger charge is 2.36. The zero-order valence-corrected chi connectivity index (χ0v) is 22.1. The van der Waals surface area contributed by atoms with E-state index >= 15 is 0 Å². The first-order valence-electron chi connectivity index (χ1n) is 12.4. The average Bonchev–Trinajstić information content (AvgIpc) is 2.71. The van der Waals surface area contributed by atoms with Gasteiger partial charge in [0.05, 0.1) is 23.5 Å². The van der Waals surface area contributed by atoms with Crippen LogP contribution in [0, 0.1) is 0 Å². The summed E-state index contributed by atoms with van der Waals surface area (Å²) >= 11 is 0. The average molecular weight is 482 g/mol. The molecule has 8 nitrogen and oxygen atoms in total. The lowest BCUT2D eigenvalue weighted by Crippen LogP contribution is -2.59. The molecule has 0 bridgehead atoms. The number of fused-ring (bicyclic) bond motifs is 1. The van der Waals surface area contributed by atoms with E-state index in [4.69, 9.17) is 14.7 Å². The minimum Gasteiger partial charge on any atom is -0.444 e. The van der Waals surface area contributed by atoms with Crippen LogP contribution in [0.2, 0.25) is 0 Å². The largest absolute Gasteiger partial charge is 0.444 e. The molecule has 0 atom stereocenters. The number of aromatic nitrogens is 2. The molecule has 1 saturated heterocycles. The highest BCUT2D eigenvalue weighted by atomic mass is 16.6. The van der Waals surface area contributed by atoms with Gasteiger partial charge in [-0.05, 0) is 57.4 Å². The number of aliphatic hydroxyl groups is 1. The van der Waals surface area contributed by atoms with Crippen LogP contribution in [0.25, 0.3) is 0 Å². The molecule has 35 heavy (non-hydrogen) atoms. The van der Waals surface area contributed by atoms with E-state index in [-0.39, 0.29) is 11.5 Å². The second-order valence-electron chi connectivity index (χ2n) is 12.2. The molecule has 1 aromatic heterocycles. The van der Waals surface area contributed by atoms with Crippen LogP contribution in [0.5, 0.6) is 0 Å². The quantitative estimate of drug-likeness (QED) is 0.670. The van der Waals surface area contributed by atoms with E-state index < -0.39 is 11.2 Å². The monoisotopic (exact) mass is 481 g/mol. The van der Waals surface area contributed by atoms with E-state index in [1.54, 1.807) is 4.90 Å². The van der Waals surface area contributed by atoms with E-state index in [9.17, 15) is 9.90 Å². The number of likely N-dealkylation sites (tertiary alicyclic amines) is 1. The van der Waals surface area contributed by atoms with Crippen molar-refractivity contribution in [2.45, 2.75) is 84.6 Å². The maximum absolute atomic E-state index is 12.7. The smallest absolute Gasteiger partial charge is 0.410 e. The van der Waals surface area contributed by atoms with Gasteiger partial charge in [-0.2, -0.15) is 0 Å². The molecule has 1 aromatic carbocycles. The molecular formula is C27H39N5O3. The molecule has 0 radical (unpaired) electrons. The van der Waals surface area contributed by atoms with Crippen LogP contribution >= 0.6 is 0 Å². The van der Waals surface area contributed by atoms with Crippen molar-refractivity contribution in [3.63, 3.8) is 0 Å². The Morgan fingerprint density at radius 3 is 2.34 bits per heavy atom. The second kappa shape index (κ2) is 9.06. The van der Waals surface area contributed by atoms with E-state index in [0.717, 1.165) is 29.2 Å². The van der Waals surface area contributed by atoms with E-state index in [1.165, 1.54) is 5.56 Å². The van der Waals surface area contributed by atoms with Crippen molar-refractivity contribution in [2.75, 3.05) is 25.0 Å². The van der Waals surface area contributed by atoms with Crippen molar-refractivity contribution in [2.24, 2.45) is 0 Å². The van der Waals surface area contributed by atoms with Gasteiger partial charge in [0.1, 0.15) is 5.60 Å². The molecule has 1 fully saturated rings. The van der Waals surface area contributed by atoms with Crippen molar-refractivity contribution in [1.82, 2.24) is 19.8 Å². The molecule has 2 aromatic rings. The Labute approximate surface area is 208 Å². The molecule has 0 unspecified atom stereocenters. The van der Waals surface area contributed by atoms with Gasteiger partial charge in [-0.15, -0.1) is 0 Å². The zero-order chi connectivity index (χ0) is 25.6. The molecule has 0 saturated carbocycles. The van der Waals surface area contributed by atoms with Gasteiger partial charge in [-0.3, -0.25) is 4.90 Å².